The van der Waals surface area contributed by atoms with Crippen molar-refractivity contribution in [3.05, 3.63) is 46.6 Å². The predicted octanol–water partition coefficient (Wildman–Crippen LogP) is 0.340. The molecular formula is C10H9N+. The van der Waals surface area contributed by atoms with E-state index >= 15 is 0 Å². The van der Waals surface area contributed by atoms with Gasteiger partial charge in [-0.15, -0.1) is 0 Å². The number of fused-ring (bicyclic) bond motifs is 1. The molecule has 0 amide bonds. The van der Waals surface area contributed by atoms with Gasteiger partial charge in [-0.25, -0.2) is 0 Å². The zero-order valence-corrected chi connectivity index (χ0v) is 6.41. The lowest BCUT2D eigenvalue weighted by Crippen LogP contribution is -2.31. The van der Waals surface area contributed by atoms with Crippen LogP contribution in [0.5, 0.6) is 0 Å². The maximum Gasteiger partial charge on any atom is 0.284 e. The molecule has 1 heteroatoms. The Morgan fingerprint density at radius 3 is 2.82 bits per heavy atom. The van der Waals surface area contributed by atoms with Crippen molar-refractivity contribution in [3.8, 4) is 0 Å². The van der Waals surface area contributed by atoms with Crippen LogP contribution in [0.25, 0.3) is 6.08 Å². The van der Waals surface area contributed by atoms with Gasteiger partial charge in [0.2, 0.25) is 0 Å². The third-order valence-electron chi connectivity index (χ3n) is 1.74. The van der Waals surface area contributed by atoms with Crippen LogP contribution >= 0.6 is 0 Å². The Morgan fingerprint density at radius 1 is 1.09 bits per heavy atom. The topological polar surface area (TPSA) is 14.1 Å². The summed E-state index contributed by atoms with van der Waals surface area (Å²) in [6.07, 6.45) is 4.12. The summed E-state index contributed by atoms with van der Waals surface area (Å²) in [5.74, 6) is 0. The first kappa shape index (κ1) is 6.35. The Morgan fingerprint density at radius 2 is 1.91 bits per heavy atom. The molecule has 0 bridgehead atoms. The van der Waals surface area contributed by atoms with Gasteiger partial charge in [0, 0.05) is 19.1 Å². The molecule has 1 radical (unpaired) electrons. The van der Waals surface area contributed by atoms with Crippen LogP contribution < -0.4 is 15.6 Å². The van der Waals surface area contributed by atoms with Gasteiger partial charge in [-0.05, 0) is 12.1 Å². The number of benzene rings is 1. The van der Waals surface area contributed by atoms with Crippen molar-refractivity contribution >= 4 is 6.08 Å². The Bertz CT molecular complexity index is 413. The summed E-state index contributed by atoms with van der Waals surface area (Å²) < 4.78 is 0. The number of allylic oxidation sites excluding steroid dienone is 2. The summed E-state index contributed by atoms with van der Waals surface area (Å²) >= 11 is 0. The molecule has 0 spiro atoms. The van der Waals surface area contributed by atoms with Gasteiger partial charge in [-0.2, -0.15) is 0 Å². The van der Waals surface area contributed by atoms with E-state index in [4.69, 9.17) is 0 Å². The first-order chi connectivity index (χ1) is 5.36. The second-order valence-electron chi connectivity index (χ2n) is 2.65. The van der Waals surface area contributed by atoms with Crippen molar-refractivity contribution in [1.29, 1.82) is 0 Å². The Balaban J connectivity index is 2.83. The molecule has 0 saturated carbocycles. The number of hydrogen-bond acceptors (Lipinski definition) is 1. The molecule has 2 rings (SSSR count). The largest absolute Gasteiger partial charge is 0.284 e. The molecule has 0 aromatic heterocycles. The highest BCUT2D eigenvalue weighted by Gasteiger charge is 2.04. The van der Waals surface area contributed by atoms with Crippen molar-refractivity contribution in [2.75, 3.05) is 0 Å². The Labute approximate surface area is 65.4 Å². The van der Waals surface area contributed by atoms with Crippen LogP contribution in [0.2, 0.25) is 0 Å². The summed E-state index contributed by atoms with van der Waals surface area (Å²) in [6.45, 7) is 2.01. The van der Waals surface area contributed by atoms with Crippen molar-refractivity contribution in [2.45, 2.75) is 6.92 Å². The van der Waals surface area contributed by atoms with E-state index in [0.29, 0.717) is 0 Å². The Hall–Kier alpha value is -1.37. The molecule has 1 aromatic rings. The maximum atomic E-state index is 4.38. The van der Waals surface area contributed by atoms with Crippen LogP contribution in [-0.4, -0.2) is 0 Å². The van der Waals surface area contributed by atoms with Gasteiger partial charge < -0.3 is 0 Å². The summed E-state index contributed by atoms with van der Waals surface area (Å²) in [6, 6.07) is 8.14. The molecule has 1 aliphatic rings. The fourth-order valence-electron chi connectivity index (χ4n) is 1.17. The van der Waals surface area contributed by atoms with Gasteiger partial charge in [0.25, 0.3) is 11.1 Å². The fourth-order valence-corrected chi connectivity index (χ4v) is 1.17. The average Bonchev–Trinajstić information content (AvgIpc) is 2.04. The molecule has 1 aromatic carbocycles. The quantitative estimate of drug-likeness (QED) is 0.497. The van der Waals surface area contributed by atoms with Crippen LogP contribution in [0.4, 0.5) is 0 Å². The molecule has 53 valence electrons. The molecule has 0 atom stereocenters. The molecular weight excluding hydrogens is 134 g/mol. The van der Waals surface area contributed by atoms with Gasteiger partial charge in [-0.1, -0.05) is 12.1 Å². The highest BCUT2D eigenvalue weighted by atomic mass is 14.7. The third kappa shape index (κ3) is 1.09. The van der Waals surface area contributed by atoms with Gasteiger partial charge in [0.15, 0.2) is 0 Å². The maximum absolute atomic E-state index is 4.38. The summed E-state index contributed by atoms with van der Waals surface area (Å²) in [7, 11) is 0. The van der Waals surface area contributed by atoms with Crippen LogP contribution in [0.1, 0.15) is 6.92 Å². The van der Waals surface area contributed by atoms with Crippen LogP contribution in [-0.2, 0) is 0 Å². The second-order valence-corrected chi connectivity index (χ2v) is 2.65. The highest BCUT2D eigenvalue weighted by Crippen LogP contribution is 1.86. The van der Waals surface area contributed by atoms with Gasteiger partial charge in [-0.3, -0.25) is 0 Å². The SMILES string of the molecule is CC1=CC=c2ccccc2=[N+]1. The third-order valence-corrected chi connectivity index (χ3v) is 1.74. The smallest absolute Gasteiger partial charge is 0.0612 e. The number of para-hydroxylation sites is 1. The number of rotatable bonds is 0. The van der Waals surface area contributed by atoms with Crippen molar-refractivity contribution in [1.82, 2.24) is 4.99 Å². The van der Waals surface area contributed by atoms with E-state index in [-0.39, 0.29) is 0 Å². The number of nitrogens with zero attached hydrogens (tertiary/aromatic N) is 1. The van der Waals surface area contributed by atoms with E-state index in [1.54, 1.807) is 0 Å². The van der Waals surface area contributed by atoms with Crippen LogP contribution in [0.15, 0.2) is 36.0 Å². The molecule has 1 nitrogen and oxygen atoms in total. The first-order valence-corrected chi connectivity index (χ1v) is 3.69. The predicted molar refractivity (Wildman–Crippen MR) is 45.2 cm³/mol. The monoisotopic (exact) mass is 143 g/mol. The zero-order chi connectivity index (χ0) is 7.68. The molecule has 1 aliphatic heterocycles. The minimum Gasteiger partial charge on any atom is -0.0612 e. The van der Waals surface area contributed by atoms with E-state index in [1.807, 2.05) is 31.2 Å². The molecule has 0 saturated heterocycles. The normalized spacial score (nSPS) is 14.1. The molecule has 0 aliphatic carbocycles. The average molecular weight is 143 g/mol. The molecule has 11 heavy (non-hydrogen) atoms. The van der Waals surface area contributed by atoms with E-state index in [1.165, 1.54) is 5.22 Å². The standard InChI is InChI=1S/C10H9N/c1-8-6-7-9-4-2-3-5-10(9)11-8/h2-7H,1H3/q+1. The van der Waals surface area contributed by atoms with Crippen LogP contribution in [0, 0.1) is 0 Å². The van der Waals surface area contributed by atoms with Gasteiger partial charge in [0.05, 0.1) is 10.2 Å². The minimum absolute atomic E-state index is 1.07. The van der Waals surface area contributed by atoms with E-state index in [2.05, 4.69) is 17.1 Å². The van der Waals surface area contributed by atoms with Crippen LogP contribution in [0.3, 0.4) is 0 Å². The fraction of sp³-hybridized carbons (Fsp3) is 0.100. The second kappa shape index (κ2) is 2.35. The lowest BCUT2D eigenvalue weighted by Gasteiger charge is -1.84. The lowest BCUT2D eigenvalue weighted by atomic mass is 10.2. The van der Waals surface area contributed by atoms with Crippen molar-refractivity contribution in [2.24, 2.45) is 0 Å². The lowest BCUT2D eigenvalue weighted by molar-refractivity contribution is 1.06. The summed E-state index contributed by atoms with van der Waals surface area (Å²) in [5, 5.41) is 2.28. The molecule has 0 unspecified atom stereocenters. The molecule has 0 N–H and O–H groups in total. The minimum atomic E-state index is 1.07. The summed E-state index contributed by atoms with van der Waals surface area (Å²) in [5.41, 5.74) is 1.07. The molecule has 0 fully saturated rings. The first-order valence-electron chi connectivity index (χ1n) is 3.69. The highest BCUT2D eigenvalue weighted by molar-refractivity contribution is 5.40. The molecule has 1 heterocycles. The zero-order valence-electron chi connectivity index (χ0n) is 6.41. The van der Waals surface area contributed by atoms with E-state index < -0.39 is 0 Å². The Kier molecular flexibility index (Phi) is 1.35. The van der Waals surface area contributed by atoms with Gasteiger partial charge >= 0.3 is 0 Å². The van der Waals surface area contributed by atoms with E-state index in [0.717, 1.165) is 11.1 Å². The van der Waals surface area contributed by atoms with Crippen molar-refractivity contribution in [3.63, 3.8) is 0 Å². The summed E-state index contributed by atoms with van der Waals surface area (Å²) in [4.78, 5) is 4.38. The van der Waals surface area contributed by atoms with E-state index in [9.17, 15) is 0 Å². The number of hydrogen-bond donors (Lipinski definition) is 0. The van der Waals surface area contributed by atoms with Crippen molar-refractivity contribution < 1.29 is 0 Å². The van der Waals surface area contributed by atoms with Gasteiger partial charge in [0.1, 0.15) is 0 Å².